The average molecular weight is 375 g/mol. The van der Waals surface area contributed by atoms with Gasteiger partial charge in [0.2, 0.25) is 5.91 Å². The molecule has 0 aromatic heterocycles. The second-order valence-electron chi connectivity index (χ2n) is 6.71. The molecule has 9 heteroatoms. The van der Waals surface area contributed by atoms with E-state index in [-0.39, 0.29) is 5.92 Å². The molecule has 4 atom stereocenters. The molecule has 2 amide bonds. The van der Waals surface area contributed by atoms with Crippen LogP contribution in [0.25, 0.3) is 0 Å². The highest BCUT2D eigenvalue weighted by Crippen LogP contribution is 2.07. The fourth-order valence-corrected chi connectivity index (χ4v) is 2.34. The van der Waals surface area contributed by atoms with Crippen LogP contribution in [0.1, 0.15) is 46.5 Å². The number of hydrogen-bond acceptors (Lipinski definition) is 7. The van der Waals surface area contributed by atoms with Crippen LogP contribution in [-0.4, -0.2) is 65.9 Å². The van der Waals surface area contributed by atoms with Gasteiger partial charge in [0.1, 0.15) is 18.2 Å². The second kappa shape index (κ2) is 12.6. The van der Waals surface area contributed by atoms with E-state index in [0.29, 0.717) is 12.8 Å². The Hall–Kier alpha value is -1.71. The van der Waals surface area contributed by atoms with E-state index >= 15 is 0 Å². The lowest BCUT2D eigenvalue weighted by atomic mass is 10.0. The van der Waals surface area contributed by atoms with Crippen molar-refractivity contribution >= 4 is 17.8 Å². The Morgan fingerprint density at radius 2 is 1.69 bits per heavy atom. The van der Waals surface area contributed by atoms with Crippen LogP contribution >= 0.6 is 0 Å². The lowest BCUT2D eigenvalue weighted by molar-refractivity contribution is -0.146. The molecule has 0 aromatic rings. The van der Waals surface area contributed by atoms with E-state index in [2.05, 4.69) is 15.4 Å². The van der Waals surface area contributed by atoms with Crippen LogP contribution in [0.4, 0.5) is 0 Å². The van der Waals surface area contributed by atoms with Gasteiger partial charge in [0.15, 0.2) is 0 Å². The van der Waals surface area contributed by atoms with Crippen molar-refractivity contribution in [1.29, 1.82) is 0 Å². The number of nitrogens with one attached hydrogen (secondary N) is 2. The number of methoxy groups -OCH3 is 1. The fourth-order valence-electron chi connectivity index (χ4n) is 2.34. The van der Waals surface area contributed by atoms with Gasteiger partial charge >= 0.3 is 5.97 Å². The SMILES string of the molecule is CCCC[C@@H](N)[C@H](O)C(=O)N[C@@H](CO)C(=O)N[C@@H](CC(C)C)C(=O)OC. The predicted molar refractivity (Wildman–Crippen MR) is 95.9 cm³/mol. The van der Waals surface area contributed by atoms with Crippen LogP contribution in [0.2, 0.25) is 0 Å². The van der Waals surface area contributed by atoms with Crippen molar-refractivity contribution in [2.24, 2.45) is 11.7 Å². The maximum absolute atomic E-state index is 12.3. The molecule has 0 spiro atoms. The lowest BCUT2D eigenvalue weighted by Crippen LogP contribution is -2.57. The Balaban J connectivity index is 4.85. The Morgan fingerprint density at radius 3 is 2.15 bits per heavy atom. The third-order valence-corrected chi connectivity index (χ3v) is 3.89. The second-order valence-corrected chi connectivity index (χ2v) is 6.71. The molecule has 0 aromatic carbocycles. The fraction of sp³-hybridized carbons (Fsp3) is 0.824. The Labute approximate surface area is 154 Å². The average Bonchev–Trinajstić information content (AvgIpc) is 2.61. The first-order valence-corrected chi connectivity index (χ1v) is 8.90. The zero-order chi connectivity index (χ0) is 20.3. The molecule has 0 saturated carbocycles. The summed E-state index contributed by atoms with van der Waals surface area (Å²) in [7, 11) is 1.21. The number of nitrogens with two attached hydrogens (primary N) is 1. The first kappa shape index (κ1) is 24.3. The summed E-state index contributed by atoms with van der Waals surface area (Å²) in [5.74, 6) is -2.09. The number of amides is 2. The first-order chi connectivity index (χ1) is 12.2. The van der Waals surface area contributed by atoms with Crippen molar-refractivity contribution in [3.63, 3.8) is 0 Å². The zero-order valence-electron chi connectivity index (χ0n) is 16.0. The van der Waals surface area contributed by atoms with Crippen LogP contribution in [-0.2, 0) is 19.1 Å². The molecule has 152 valence electrons. The summed E-state index contributed by atoms with van der Waals surface area (Å²) in [6.07, 6.45) is 0.935. The van der Waals surface area contributed by atoms with E-state index in [9.17, 15) is 24.6 Å². The van der Waals surface area contributed by atoms with E-state index in [1.165, 1.54) is 7.11 Å². The van der Waals surface area contributed by atoms with Gasteiger partial charge in [0.05, 0.1) is 13.7 Å². The molecule has 0 bridgehead atoms. The van der Waals surface area contributed by atoms with Gasteiger partial charge < -0.3 is 31.3 Å². The minimum absolute atomic E-state index is 0.111. The highest BCUT2D eigenvalue weighted by Gasteiger charge is 2.30. The van der Waals surface area contributed by atoms with Crippen LogP contribution in [0.15, 0.2) is 0 Å². The van der Waals surface area contributed by atoms with Crippen molar-refractivity contribution in [2.45, 2.75) is 70.7 Å². The minimum atomic E-state index is -1.49. The lowest BCUT2D eigenvalue weighted by Gasteiger charge is -2.24. The Kier molecular flexibility index (Phi) is 11.8. The summed E-state index contributed by atoms with van der Waals surface area (Å²) in [6, 6.07) is -2.97. The highest BCUT2D eigenvalue weighted by atomic mass is 16.5. The summed E-state index contributed by atoms with van der Waals surface area (Å²) in [4.78, 5) is 36.1. The number of aliphatic hydroxyl groups excluding tert-OH is 2. The molecular formula is C17H33N3O6. The summed E-state index contributed by atoms with van der Waals surface area (Å²) in [5.41, 5.74) is 5.76. The molecule has 26 heavy (non-hydrogen) atoms. The molecule has 0 aliphatic heterocycles. The first-order valence-electron chi connectivity index (χ1n) is 8.90. The van der Waals surface area contributed by atoms with Crippen molar-refractivity contribution in [3.8, 4) is 0 Å². The largest absolute Gasteiger partial charge is 0.467 e. The number of unbranched alkanes of at least 4 members (excludes halogenated alkanes) is 1. The van der Waals surface area contributed by atoms with Crippen LogP contribution in [0.3, 0.4) is 0 Å². The number of carbonyl (C=O) groups is 3. The molecule has 6 N–H and O–H groups in total. The summed E-state index contributed by atoms with van der Waals surface area (Å²) in [6.45, 7) is 5.02. The summed E-state index contributed by atoms with van der Waals surface area (Å²) in [5, 5.41) is 24.0. The van der Waals surface area contributed by atoms with Crippen LogP contribution in [0.5, 0.6) is 0 Å². The third-order valence-electron chi connectivity index (χ3n) is 3.89. The number of carbonyl (C=O) groups excluding carboxylic acids is 3. The van der Waals surface area contributed by atoms with Gasteiger partial charge in [0.25, 0.3) is 5.91 Å². The molecule has 9 nitrogen and oxygen atoms in total. The molecule has 0 fully saturated rings. The molecule has 0 aliphatic carbocycles. The molecule has 0 radical (unpaired) electrons. The van der Waals surface area contributed by atoms with Gasteiger partial charge in [-0.1, -0.05) is 33.6 Å². The number of rotatable bonds is 12. The van der Waals surface area contributed by atoms with E-state index < -0.39 is 48.6 Å². The molecule has 0 unspecified atom stereocenters. The highest BCUT2D eigenvalue weighted by molar-refractivity contribution is 5.92. The van der Waals surface area contributed by atoms with Gasteiger partial charge in [0, 0.05) is 6.04 Å². The molecule has 0 heterocycles. The van der Waals surface area contributed by atoms with Crippen molar-refractivity contribution in [1.82, 2.24) is 10.6 Å². The van der Waals surface area contributed by atoms with Crippen molar-refractivity contribution in [2.75, 3.05) is 13.7 Å². The molecule has 0 saturated heterocycles. The molecular weight excluding hydrogens is 342 g/mol. The van der Waals surface area contributed by atoms with Crippen molar-refractivity contribution in [3.05, 3.63) is 0 Å². The maximum Gasteiger partial charge on any atom is 0.328 e. The van der Waals surface area contributed by atoms with Crippen LogP contribution in [0, 0.1) is 5.92 Å². The van der Waals surface area contributed by atoms with E-state index in [1.807, 2.05) is 20.8 Å². The van der Waals surface area contributed by atoms with Gasteiger partial charge in [-0.15, -0.1) is 0 Å². The number of aliphatic hydroxyl groups is 2. The Bertz CT molecular complexity index is 458. The molecule has 0 rings (SSSR count). The van der Waals surface area contributed by atoms with E-state index in [4.69, 9.17) is 5.73 Å². The number of ether oxygens (including phenoxy) is 1. The topological polar surface area (TPSA) is 151 Å². The standard InChI is InChI=1S/C17H33N3O6/c1-5-6-7-11(18)14(22)16(24)20-13(9-21)15(23)19-12(8-10(2)3)17(25)26-4/h10-14,21-22H,5-9,18H2,1-4H3,(H,19,23)(H,20,24)/t11-,12+,13+,14+/m1/s1. The molecule has 0 aliphatic rings. The van der Waals surface area contributed by atoms with Crippen molar-refractivity contribution < 1.29 is 29.3 Å². The quantitative estimate of drug-likeness (QED) is 0.276. The van der Waals surface area contributed by atoms with Gasteiger partial charge in [-0.3, -0.25) is 9.59 Å². The monoisotopic (exact) mass is 375 g/mol. The minimum Gasteiger partial charge on any atom is -0.467 e. The van der Waals surface area contributed by atoms with E-state index in [1.54, 1.807) is 0 Å². The van der Waals surface area contributed by atoms with Gasteiger partial charge in [-0.25, -0.2) is 4.79 Å². The smallest absolute Gasteiger partial charge is 0.328 e. The summed E-state index contributed by atoms with van der Waals surface area (Å²) >= 11 is 0. The predicted octanol–water partition coefficient (Wildman–Crippen LogP) is -0.954. The van der Waals surface area contributed by atoms with Gasteiger partial charge in [-0.2, -0.15) is 0 Å². The Morgan fingerprint density at radius 1 is 1.12 bits per heavy atom. The summed E-state index contributed by atoms with van der Waals surface area (Å²) < 4.78 is 4.66. The third kappa shape index (κ3) is 8.59. The maximum atomic E-state index is 12.3. The normalized spacial score (nSPS) is 15.7. The number of hydrogen-bond donors (Lipinski definition) is 5. The van der Waals surface area contributed by atoms with Crippen LogP contribution < -0.4 is 16.4 Å². The van der Waals surface area contributed by atoms with Gasteiger partial charge in [-0.05, 0) is 18.8 Å². The number of esters is 1. The zero-order valence-corrected chi connectivity index (χ0v) is 16.0. The van der Waals surface area contributed by atoms with E-state index in [0.717, 1.165) is 12.8 Å².